The van der Waals surface area contributed by atoms with Crippen molar-refractivity contribution in [2.45, 2.75) is 0 Å². The van der Waals surface area contributed by atoms with Crippen LogP contribution >= 0.6 is 0 Å². The van der Waals surface area contributed by atoms with E-state index >= 15 is 0 Å². The zero-order valence-corrected chi connectivity index (χ0v) is 18.0. The molecule has 0 fully saturated rings. The molecule has 33 heavy (non-hydrogen) atoms. The van der Waals surface area contributed by atoms with Gasteiger partial charge < -0.3 is 13.9 Å². The zero-order chi connectivity index (χ0) is 22.1. The van der Waals surface area contributed by atoms with E-state index in [-0.39, 0.29) is 0 Å². The molecule has 0 bridgehead atoms. The van der Waals surface area contributed by atoms with Crippen LogP contribution in [0.4, 0.5) is 0 Å². The average Bonchev–Trinajstić information content (AvgIpc) is 3.37. The monoisotopic (exact) mass is 424 g/mol. The molecule has 0 atom stereocenters. The molecule has 1 aliphatic heterocycles. The minimum Gasteiger partial charge on any atom is -0.453 e. The molecule has 6 aromatic rings. The number of ether oxygens (including phenoxy) is 1. The maximum atomic E-state index is 6.26. The van der Waals surface area contributed by atoms with Gasteiger partial charge in [0.05, 0.1) is 27.9 Å². The topological polar surface area (TPSA) is 19.1 Å². The third-order valence-corrected chi connectivity index (χ3v) is 6.67. The third kappa shape index (κ3) is 2.28. The largest absolute Gasteiger partial charge is 0.453 e. The number of hydrogen-bond acceptors (Lipinski definition) is 1. The highest BCUT2D eigenvalue weighted by molar-refractivity contribution is 6.12. The van der Waals surface area contributed by atoms with Gasteiger partial charge in [-0.05, 0) is 48.5 Å². The molecule has 1 aliphatic rings. The van der Waals surface area contributed by atoms with Crippen molar-refractivity contribution in [1.29, 1.82) is 0 Å². The summed E-state index contributed by atoms with van der Waals surface area (Å²) in [5.74, 6) is 1.76. The summed E-state index contributed by atoms with van der Waals surface area (Å²) in [6.07, 6.45) is 3.84. The highest BCUT2D eigenvalue weighted by atomic mass is 16.5. The lowest BCUT2D eigenvalue weighted by Crippen LogP contribution is -2.03. The Morgan fingerprint density at radius 2 is 1.39 bits per heavy atom. The average molecular weight is 425 g/mol. The molecule has 156 valence electrons. The lowest BCUT2D eigenvalue weighted by molar-refractivity contribution is 0.476. The fourth-order valence-electron chi connectivity index (χ4n) is 5.32. The fraction of sp³-hybridized carbons (Fsp3) is 0. The molecule has 0 radical (unpaired) electrons. The van der Waals surface area contributed by atoms with Crippen LogP contribution in [0.2, 0.25) is 0 Å². The number of benzene rings is 4. The summed E-state index contributed by atoms with van der Waals surface area (Å²) in [5.41, 5.74) is 7.73. The summed E-state index contributed by atoms with van der Waals surface area (Å²) >= 11 is 0. The number of hydrogen-bond donors (Lipinski definition) is 0. The summed E-state index contributed by atoms with van der Waals surface area (Å²) in [6.45, 7) is 8.17. The number of fused-ring (bicyclic) bond motifs is 6. The maximum Gasteiger partial charge on any atom is 0.152 e. The smallest absolute Gasteiger partial charge is 0.152 e. The molecule has 3 heteroatoms. The van der Waals surface area contributed by atoms with Gasteiger partial charge in [-0.25, -0.2) is 0 Å². The Balaban J connectivity index is 1.60. The van der Waals surface area contributed by atoms with Crippen LogP contribution in [-0.4, -0.2) is 9.13 Å². The van der Waals surface area contributed by atoms with E-state index in [1.165, 1.54) is 16.2 Å². The van der Waals surface area contributed by atoms with Gasteiger partial charge in [0.2, 0.25) is 0 Å². The first-order chi connectivity index (χ1) is 16.3. The predicted molar refractivity (Wildman–Crippen MR) is 138 cm³/mol. The van der Waals surface area contributed by atoms with E-state index in [4.69, 9.17) is 4.74 Å². The van der Waals surface area contributed by atoms with E-state index in [0.29, 0.717) is 0 Å². The number of para-hydroxylation sites is 4. The van der Waals surface area contributed by atoms with E-state index in [1.54, 1.807) is 0 Å². The van der Waals surface area contributed by atoms with Gasteiger partial charge in [0.25, 0.3) is 0 Å². The summed E-state index contributed by atoms with van der Waals surface area (Å²) in [4.78, 5) is 0. The molecule has 0 N–H and O–H groups in total. The zero-order valence-electron chi connectivity index (χ0n) is 18.0. The van der Waals surface area contributed by atoms with Crippen molar-refractivity contribution in [2.75, 3.05) is 0 Å². The summed E-state index contributed by atoms with van der Waals surface area (Å²) in [5, 5.41) is 3.55. The molecular formula is C30H20N2O. The van der Waals surface area contributed by atoms with E-state index in [1.807, 2.05) is 30.4 Å². The molecular weight excluding hydrogens is 404 g/mol. The van der Waals surface area contributed by atoms with Crippen molar-refractivity contribution < 1.29 is 4.74 Å². The van der Waals surface area contributed by atoms with Crippen LogP contribution in [-0.2, 0) is 0 Å². The van der Waals surface area contributed by atoms with Crippen LogP contribution in [0.15, 0.2) is 98.1 Å². The summed E-state index contributed by atoms with van der Waals surface area (Å²) in [7, 11) is 0. The lowest BCUT2D eigenvalue weighted by Gasteiger charge is -2.20. The van der Waals surface area contributed by atoms with Gasteiger partial charge in [-0.15, -0.1) is 0 Å². The van der Waals surface area contributed by atoms with Crippen LogP contribution in [0.5, 0.6) is 11.5 Å². The molecule has 4 aromatic carbocycles. The van der Waals surface area contributed by atoms with Gasteiger partial charge >= 0.3 is 0 Å². The van der Waals surface area contributed by atoms with Crippen molar-refractivity contribution in [3.05, 3.63) is 109 Å². The highest BCUT2D eigenvalue weighted by Gasteiger charge is 2.24. The van der Waals surface area contributed by atoms with Gasteiger partial charge in [0.1, 0.15) is 0 Å². The van der Waals surface area contributed by atoms with Crippen LogP contribution in [0.3, 0.4) is 0 Å². The molecule has 7 rings (SSSR count). The Labute approximate surface area is 191 Å². The van der Waals surface area contributed by atoms with Crippen LogP contribution < -0.4 is 4.74 Å². The van der Waals surface area contributed by atoms with Gasteiger partial charge in [-0.3, -0.25) is 0 Å². The minimum absolute atomic E-state index is 0.875. The van der Waals surface area contributed by atoms with E-state index in [2.05, 4.69) is 89.0 Å². The molecule has 0 spiro atoms. The van der Waals surface area contributed by atoms with Crippen molar-refractivity contribution in [3.63, 3.8) is 0 Å². The first-order valence-electron chi connectivity index (χ1n) is 11.0. The molecule has 0 saturated heterocycles. The molecule has 0 aliphatic carbocycles. The predicted octanol–water partition coefficient (Wildman–Crippen LogP) is 8.12. The summed E-state index contributed by atoms with van der Waals surface area (Å²) in [6, 6.07) is 29.6. The second-order valence-electron chi connectivity index (χ2n) is 8.32. The first-order valence-corrected chi connectivity index (χ1v) is 11.0. The SMILES string of the molecule is C=Cc1c(C=C)n(-c2ccc3c(c2)c2cccc4c2n3-c2ccccc2O4)c2ccccc12. The van der Waals surface area contributed by atoms with Gasteiger partial charge in [0, 0.05) is 27.4 Å². The Morgan fingerprint density at radius 1 is 0.636 bits per heavy atom. The second-order valence-corrected chi connectivity index (χ2v) is 8.32. The van der Waals surface area contributed by atoms with Gasteiger partial charge in [-0.2, -0.15) is 0 Å². The van der Waals surface area contributed by atoms with E-state index < -0.39 is 0 Å². The quantitative estimate of drug-likeness (QED) is 0.280. The summed E-state index contributed by atoms with van der Waals surface area (Å²) < 4.78 is 10.8. The van der Waals surface area contributed by atoms with Gasteiger partial charge in [0.15, 0.2) is 11.5 Å². The van der Waals surface area contributed by atoms with E-state index in [0.717, 1.165) is 50.7 Å². The Morgan fingerprint density at radius 3 is 2.27 bits per heavy atom. The highest BCUT2D eigenvalue weighted by Crippen LogP contribution is 2.45. The van der Waals surface area contributed by atoms with Crippen LogP contribution in [0, 0.1) is 0 Å². The molecule has 2 aromatic heterocycles. The van der Waals surface area contributed by atoms with Crippen molar-refractivity contribution >= 4 is 44.9 Å². The molecule has 3 nitrogen and oxygen atoms in total. The fourth-order valence-corrected chi connectivity index (χ4v) is 5.32. The Bertz CT molecular complexity index is 1780. The molecule has 3 heterocycles. The number of nitrogens with zero attached hydrogens (tertiary/aromatic N) is 2. The first kappa shape index (κ1) is 18.1. The Kier molecular flexibility index (Phi) is 3.57. The van der Waals surface area contributed by atoms with Crippen molar-refractivity contribution in [2.24, 2.45) is 0 Å². The maximum absolute atomic E-state index is 6.26. The number of rotatable bonds is 3. The van der Waals surface area contributed by atoms with Crippen LogP contribution in [0.1, 0.15) is 11.3 Å². The normalized spacial score (nSPS) is 12.1. The third-order valence-electron chi connectivity index (χ3n) is 6.67. The molecule has 0 amide bonds. The van der Waals surface area contributed by atoms with Gasteiger partial charge in [-0.1, -0.05) is 61.7 Å². The van der Waals surface area contributed by atoms with Crippen molar-refractivity contribution in [3.8, 4) is 22.9 Å². The van der Waals surface area contributed by atoms with E-state index in [9.17, 15) is 0 Å². The minimum atomic E-state index is 0.875. The number of aromatic nitrogens is 2. The molecule has 0 unspecified atom stereocenters. The second kappa shape index (κ2) is 6.50. The standard InChI is InChI=1S/C30H20N2O/c1-3-20-21-10-5-6-12-25(21)31(24(20)4-2)19-16-17-26-23(18-19)22-11-9-15-29-30(22)32(26)27-13-7-8-14-28(27)33-29/h3-18H,1-2H2. The van der Waals surface area contributed by atoms with Crippen molar-refractivity contribution in [1.82, 2.24) is 9.13 Å². The lowest BCUT2D eigenvalue weighted by atomic mass is 10.1. The van der Waals surface area contributed by atoms with Crippen LogP contribution in [0.25, 0.3) is 56.2 Å². The molecule has 0 saturated carbocycles. The Hall–Kier alpha value is -4.50.